The van der Waals surface area contributed by atoms with Gasteiger partial charge in [-0.2, -0.15) is 0 Å². The largest absolute Gasteiger partial charge is 0.497 e. The maximum absolute atomic E-state index is 13.0. The van der Waals surface area contributed by atoms with Crippen molar-refractivity contribution in [1.29, 1.82) is 0 Å². The topological polar surface area (TPSA) is 57.5 Å². The lowest BCUT2D eigenvalue weighted by molar-refractivity contribution is -0.126. The normalized spacial score (nSPS) is 12.7. The highest BCUT2D eigenvalue weighted by Crippen LogP contribution is 2.28. The first-order valence-electron chi connectivity index (χ1n) is 9.72. The Morgan fingerprint density at radius 3 is 2.52 bits per heavy atom. The number of carbonyl (C=O) groups excluding carboxylic acids is 2. The van der Waals surface area contributed by atoms with Crippen molar-refractivity contribution < 1.29 is 19.1 Å². The van der Waals surface area contributed by atoms with Gasteiger partial charge in [-0.15, -0.1) is 0 Å². The lowest BCUT2D eigenvalue weighted by Crippen LogP contribution is -2.24. The van der Waals surface area contributed by atoms with E-state index in [2.05, 4.69) is 0 Å². The number of benzene rings is 1. The third-order valence-electron chi connectivity index (χ3n) is 4.76. The van der Waals surface area contributed by atoms with E-state index < -0.39 is 5.41 Å². The van der Waals surface area contributed by atoms with Crippen LogP contribution in [0.3, 0.4) is 0 Å². The number of methoxy groups -OCH3 is 2. The molecule has 1 heterocycles. The van der Waals surface area contributed by atoms with Gasteiger partial charge in [0.15, 0.2) is 11.6 Å². The van der Waals surface area contributed by atoms with Crippen LogP contribution in [0.2, 0.25) is 0 Å². The zero-order chi connectivity index (χ0) is 21.6. The molecule has 0 saturated heterocycles. The molecule has 1 aromatic carbocycles. The fourth-order valence-electron chi connectivity index (χ4n) is 2.94. The van der Waals surface area contributed by atoms with Gasteiger partial charge in [0.1, 0.15) is 5.75 Å². The van der Waals surface area contributed by atoms with Crippen LogP contribution in [0, 0.1) is 5.41 Å². The molecule has 0 radical (unpaired) electrons. The van der Waals surface area contributed by atoms with Crippen LogP contribution in [0.1, 0.15) is 44.5 Å². The number of ether oxygens (including phenoxy) is 2. The fraction of sp³-hybridized carbons (Fsp3) is 0.417. The number of aromatic nitrogens is 1. The minimum atomic E-state index is -0.451. The summed E-state index contributed by atoms with van der Waals surface area (Å²) in [6.07, 6.45) is 7.81. The van der Waals surface area contributed by atoms with Crippen molar-refractivity contribution in [2.75, 3.05) is 20.8 Å². The molecular weight excluding hydrogens is 366 g/mol. The zero-order valence-corrected chi connectivity index (χ0v) is 18.2. The molecule has 0 aliphatic rings. The van der Waals surface area contributed by atoms with Crippen molar-refractivity contribution >= 4 is 22.5 Å². The second kappa shape index (κ2) is 9.70. The van der Waals surface area contributed by atoms with Crippen LogP contribution >= 0.6 is 0 Å². The van der Waals surface area contributed by atoms with E-state index in [0.717, 1.165) is 16.5 Å². The van der Waals surface area contributed by atoms with Crippen LogP contribution in [0.5, 0.6) is 5.75 Å². The number of hydrogen-bond acceptors (Lipinski definition) is 4. The lowest BCUT2D eigenvalue weighted by atomic mass is 9.91. The zero-order valence-electron chi connectivity index (χ0n) is 18.2. The average Bonchev–Trinajstić information content (AvgIpc) is 3.02. The SMILES string of the molecule is COC/C=C\C=C(/C)CC(=O)c1cn(CC(=O)C(C)(C)C)c2cc(OC)ccc12. The van der Waals surface area contributed by atoms with Crippen molar-refractivity contribution in [2.45, 2.75) is 40.7 Å². The second-order valence-corrected chi connectivity index (χ2v) is 8.22. The third-order valence-corrected chi connectivity index (χ3v) is 4.76. The summed E-state index contributed by atoms with van der Waals surface area (Å²) < 4.78 is 12.2. The van der Waals surface area contributed by atoms with E-state index in [9.17, 15) is 9.59 Å². The molecule has 0 atom stereocenters. The number of ketones is 2. The molecule has 2 aromatic rings. The van der Waals surface area contributed by atoms with Gasteiger partial charge < -0.3 is 14.0 Å². The number of carbonyl (C=O) groups is 2. The Labute approximate surface area is 173 Å². The van der Waals surface area contributed by atoms with E-state index in [1.165, 1.54) is 0 Å². The molecule has 0 N–H and O–H groups in total. The first kappa shape index (κ1) is 22.6. The Hall–Kier alpha value is -2.66. The smallest absolute Gasteiger partial charge is 0.169 e. The van der Waals surface area contributed by atoms with E-state index in [1.54, 1.807) is 20.4 Å². The number of rotatable bonds is 9. The van der Waals surface area contributed by atoms with Gasteiger partial charge in [-0.3, -0.25) is 9.59 Å². The molecule has 0 spiro atoms. The number of Topliss-reactive ketones (excluding diaryl/α,β-unsaturated/α-hetero) is 2. The second-order valence-electron chi connectivity index (χ2n) is 8.22. The highest BCUT2D eigenvalue weighted by atomic mass is 16.5. The highest BCUT2D eigenvalue weighted by molar-refractivity contribution is 6.09. The summed E-state index contributed by atoms with van der Waals surface area (Å²) >= 11 is 0. The maximum atomic E-state index is 13.0. The summed E-state index contributed by atoms with van der Waals surface area (Å²) in [5.74, 6) is 0.824. The summed E-state index contributed by atoms with van der Waals surface area (Å²) in [5.41, 5.74) is 1.96. The van der Waals surface area contributed by atoms with Crippen molar-refractivity contribution in [3.8, 4) is 5.75 Å². The van der Waals surface area contributed by atoms with Gasteiger partial charge in [0, 0.05) is 42.2 Å². The molecule has 0 aliphatic heterocycles. The van der Waals surface area contributed by atoms with Crippen LogP contribution in [-0.2, 0) is 16.1 Å². The van der Waals surface area contributed by atoms with Crippen molar-refractivity contribution in [3.63, 3.8) is 0 Å². The summed E-state index contributed by atoms with van der Waals surface area (Å²) in [7, 11) is 3.24. The van der Waals surface area contributed by atoms with Gasteiger partial charge in [0.25, 0.3) is 0 Å². The van der Waals surface area contributed by atoms with E-state index >= 15 is 0 Å². The summed E-state index contributed by atoms with van der Waals surface area (Å²) in [6.45, 7) is 8.39. The van der Waals surface area contributed by atoms with Crippen LogP contribution in [0.15, 0.2) is 48.2 Å². The monoisotopic (exact) mass is 397 g/mol. The van der Waals surface area contributed by atoms with Gasteiger partial charge in [-0.25, -0.2) is 0 Å². The maximum Gasteiger partial charge on any atom is 0.169 e. The van der Waals surface area contributed by atoms with Gasteiger partial charge in [-0.05, 0) is 19.1 Å². The Balaban J connectivity index is 2.38. The molecule has 0 unspecified atom stereocenters. The van der Waals surface area contributed by atoms with Gasteiger partial charge in [0.05, 0.1) is 25.8 Å². The molecule has 1 aromatic heterocycles. The Morgan fingerprint density at radius 2 is 1.90 bits per heavy atom. The molecule has 0 fully saturated rings. The Morgan fingerprint density at radius 1 is 1.17 bits per heavy atom. The standard InChI is InChI=1S/C24H31NO4/c1-17(9-7-8-12-28-5)13-22(26)20-15-25(16-23(27)24(2,3)4)21-14-18(29-6)10-11-19(20)21/h7-11,14-15H,12-13,16H2,1-6H3/b8-7-,17-9+. The Kier molecular flexibility index (Phi) is 7.57. The molecule has 5 nitrogen and oxygen atoms in total. The first-order chi connectivity index (χ1) is 13.7. The molecule has 5 heteroatoms. The quantitative estimate of drug-likeness (QED) is 0.442. The summed E-state index contributed by atoms with van der Waals surface area (Å²) in [4.78, 5) is 25.6. The highest BCUT2D eigenvalue weighted by Gasteiger charge is 2.23. The Bertz CT molecular complexity index is 942. The van der Waals surface area contributed by atoms with E-state index in [0.29, 0.717) is 24.3 Å². The minimum Gasteiger partial charge on any atom is -0.497 e. The van der Waals surface area contributed by atoms with Gasteiger partial charge in [-0.1, -0.05) is 44.6 Å². The summed E-state index contributed by atoms with van der Waals surface area (Å²) in [5, 5.41) is 0.834. The first-order valence-corrected chi connectivity index (χ1v) is 9.72. The van der Waals surface area contributed by atoms with E-state index in [1.807, 2.05) is 68.7 Å². The van der Waals surface area contributed by atoms with Gasteiger partial charge in [0.2, 0.25) is 0 Å². The van der Waals surface area contributed by atoms with E-state index in [-0.39, 0.29) is 18.1 Å². The summed E-state index contributed by atoms with van der Waals surface area (Å²) in [6, 6.07) is 5.60. The third kappa shape index (κ3) is 5.91. The van der Waals surface area contributed by atoms with Crippen LogP contribution < -0.4 is 4.74 Å². The van der Waals surface area contributed by atoms with E-state index in [4.69, 9.17) is 9.47 Å². The number of hydrogen-bond donors (Lipinski definition) is 0. The molecule has 0 aliphatic carbocycles. The predicted octanol–water partition coefficient (Wildman–Crippen LogP) is 4.99. The van der Waals surface area contributed by atoms with Crippen LogP contribution in [0.4, 0.5) is 0 Å². The molecule has 0 amide bonds. The van der Waals surface area contributed by atoms with Crippen molar-refractivity contribution in [2.24, 2.45) is 5.41 Å². The number of nitrogens with zero attached hydrogens (tertiary/aromatic N) is 1. The van der Waals surface area contributed by atoms with Gasteiger partial charge >= 0.3 is 0 Å². The molecule has 0 bridgehead atoms. The predicted molar refractivity (Wildman–Crippen MR) is 117 cm³/mol. The molecular formula is C24H31NO4. The number of fused-ring (bicyclic) bond motifs is 1. The molecule has 2 rings (SSSR count). The average molecular weight is 398 g/mol. The number of allylic oxidation sites excluding steroid dienone is 3. The van der Waals surface area contributed by atoms with Crippen molar-refractivity contribution in [1.82, 2.24) is 4.57 Å². The lowest BCUT2D eigenvalue weighted by Gasteiger charge is -2.17. The molecule has 156 valence electrons. The van der Waals surface area contributed by atoms with Crippen LogP contribution in [0.25, 0.3) is 10.9 Å². The molecule has 0 saturated carbocycles. The van der Waals surface area contributed by atoms with Crippen LogP contribution in [-0.4, -0.2) is 37.0 Å². The molecule has 29 heavy (non-hydrogen) atoms. The van der Waals surface area contributed by atoms with Crippen molar-refractivity contribution in [3.05, 3.63) is 53.8 Å². The minimum absolute atomic E-state index is 0.0241. The fourth-order valence-corrected chi connectivity index (χ4v) is 2.94.